The first-order valence-corrected chi connectivity index (χ1v) is 6.55. The second-order valence-corrected chi connectivity index (χ2v) is 4.95. The Hall–Kier alpha value is -1.55. The van der Waals surface area contributed by atoms with E-state index in [1.165, 1.54) is 16.7 Å². The van der Waals surface area contributed by atoms with Crippen LogP contribution in [0.3, 0.4) is 0 Å². The Labute approximate surface area is 115 Å². The molecule has 0 saturated carbocycles. The van der Waals surface area contributed by atoms with Crippen molar-refractivity contribution in [3.63, 3.8) is 0 Å². The third kappa shape index (κ3) is 3.70. The van der Waals surface area contributed by atoms with Crippen molar-refractivity contribution in [3.8, 4) is 5.75 Å². The second-order valence-electron chi connectivity index (χ2n) is 4.95. The number of methoxy groups -OCH3 is 1. The maximum Gasteiger partial charge on any atom is 0.236 e. The number of nitrogens with two attached hydrogens (primary N) is 1. The van der Waals surface area contributed by atoms with Crippen LogP contribution in [0.25, 0.3) is 0 Å². The molecule has 1 amide bonds. The molecule has 0 bridgehead atoms. The Morgan fingerprint density at radius 1 is 1.37 bits per heavy atom. The lowest BCUT2D eigenvalue weighted by atomic mass is 9.95. The van der Waals surface area contributed by atoms with Gasteiger partial charge >= 0.3 is 0 Å². The van der Waals surface area contributed by atoms with Crippen molar-refractivity contribution in [2.45, 2.75) is 40.2 Å². The molecule has 1 unspecified atom stereocenters. The molecule has 1 aromatic rings. The number of nitrogens with one attached hydrogen (secondary N) is 1. The van der Waals surface area contributed by atoms with E-state index in [2.05, 4.69) is 26.1 Å². The van der Waals surface area contributed by atoms with Gasteiger partial charge in [0.15, 0.2) is 0 Å². The summed E-state index contributed by atoms with van der Waals surface area (Å²) < 4.78 is 5.35. The maximum absolute atomic E-state index is 11.4. The standard InChI is InChI=1S/C15H24N2O2/c1-9-8-14(19-5)11(3)10(2)13(9)6-7-17-15(18)12(4)16/h8,12H,6-7,16H2,1-5H3,(H,17,18). The summed E-state index contributed by atoms with van der Waals surface area (Å²) >= 11 is 0. The van der Waals surface area contributed by atoms with Crippen LogP contribution in [0.5, 0.6) is 5.75 Å². The zero-order chi connectivity index (χ0) is 14.6. The number of ether oxygens (including phenoxy) is 1. The van der Waals surface area contributed by atoms with E-state index in [0.29, 0.717) is 6.54 Å². The zero-order valence-electron chi connectivity index (χ0n) is 12.5. The molecule has 3 N–H and O–H groups in total. The molecule has 4 nitrogen and oxygen atoms in total. The van der Waals surface area contributed by atoms with Gasteiger partial charge in [0.25, 0.3) is 0 Å². The number of aryl methyl sites for hydroxylation is 1. The minimum absolute atomic E-state index is 0.111. The SMILES string of the molecule is COc1cc(C)c(CCNC(=O)C(C)N)c(C)c1C. The van der Waals surface area contributed by atoms with E-state index in [1.54, 1.807) is 14.0 Å². The average Bonchev–Trinajstić information content (AvgIpc) is 2.37. The molecule has 1 aromatic carbocycles. The summed E-state index contributed by atoms with van der Waals surface area (Å²) in [5.74, 6) is 0.805. The van der Waals surface area contributed by atoms with E-state index >= 15 is 0 Å². The van der Waals surface area contributed by atoms with Crippen LogP contribution in [-0.2, 0) is 11.2 Å². The van der Waals surface area contributed by atoms with Crippen LogP contribution in [0.15, 0.2) is 6.07 Å². The molecule has 0 aliphatic heterocycles. The van der Waals surface area contributed by atoms with Crippen molar-refractivity contribution >= 4 is 5.91 Å². The molecule has 0 aliphatic rings. The van der Waals surface area contributed by atoms with Gasteiger partial charge in [-0.25, -0.2) is 0 Å². The van der Waals surface area contributed by atoms with E-state index in [4.69, 9.17) is 10.5 Å². The largest absolute Gasteiger partial charge is 0.496 e. The number of rotatable bonds is 5. The Bertz CT molecular complexity index is 468. The van der Waals surface area contributed by atoms with Crippen molar-refractivity contribution < 1.29 is 9.53 Å². The van der Waals surface area contributed by atoms with E-state index in [0.717, 1.165) is 17.7 Å². The number of benzene rings is 1. The first kappa shape index (κ1) is 15.5. The summed E-state index contributed by atoms with van der Waals surface area (Å²) in [5, 5.41) is 2.84. The lowest BCUT2D eigenvalue weighted by Crippen LogP contribution is -2.39. The molecule has 0 saturated heterocycles. The van der Waals surface area contributed by atoms with Crippen LogP contribution >= 0.6 is 0 Å². The van der Waals surface area contributed by atoms with Gasteiger partial charge in [-0.05, 0) is 62.4 Å². The molecule has 0 spiro atoms. The Kier molecular flexibility index (Phi) is 5.36. The molecule has 1 rings (SSSR count). The fraction of sp³-hybridized carbons (Fsp3) is 0.533. The van der Waals surface area contributed by atoms with Crippen molar-refractivity contribution in [1.82, 2.24) is 5.32 Å². The molecule has 19 heavy (non-hydrogen) atoms. The fourth-order valence-electron chi connectivity index (χ4n) is 2.17. The molecule has 0 radical (unpaired) electrons. The number of carbonyl (C=O) groups excluding carboxylic acids is 1. The summed E-state index contributed by atoms with van der Waals surface area (Å²) in [6, 6.07) is 1.59. The number of carbonyl (C=O) groups is 1. The molecule has 4 heteroatoms. The van der Waals surface area contributed by atoms with Gasteiger partial charge in [-0.3, -0.25) is 4.79 Å². The van der Waals surface area contributed by atoms with Crippen LogP contribution in [0.1, 0.15) is 29.2 Å². The molecule has 0 aromatic heterocycles. The first-order valence-electron chi connectivity index (χ1n) is 6.55. The molecule has 0 heterocycles. The van der Waals surface area contributed by atoms with Gasteiger partial charge in [0.2, 0.25) is 5.91 Å². The van der Waals surface area contributed by atoms with Crippen molar-refractivity contribution in [2.24, 2.45) is 5.73 Å². The summed E-state index contributed by atoms with van der Waals surface area (Å²) in [6.07, 6.45) is 0.807. The van der Waals surface area contributed by atoms with Gasteiger partial charge in [-0.2, -0.15) is 0 Å². The van der Waals surface area contributed by atoms with Crippen LogP contribution in [0, 0.1) is 20.8 Å². The van der Waals surface area contributed by atoms with Gasteiger partial charge in [0.1, 0.15) is 5.75 Å². The predicted octanol–water partition coefficient (Wildman–Crippen LogP) is 1.63. The van der Waals surface area contributed by atoms with Gasteiger partial charge in [-0.15, -0.1) is 0 Å². The summed E-state index contributed by atoms with van der Waals surface area (Å²) in [7, 11) is 1.68. The third-order valence-electron chi connectivity index (χ3n) is 3.52. The van der Waals surface area contributed by atoms with Gasteiger partial charge in [0.05, 0.1) is 13.2 Å². The molecule has 0 fully saturated rings. The molecule has 1 atom stereocenters. The molecule has 0 aliphatic carbocycles. The Morgan fingerprint density at radius 2 is 2.00 bits per heavy atom. The fourth-order valence-corrected chi connectivity index (χ4v) is 2.17. The highest BCUT2D eigenvalue weighted by molar-refractivity contribution is 5.80. The Morgan fingerprint density at radius 3 is 2.53 bits per heavy atom. The summed E-state index contributed by atoms with van der Waals surface area (Å²) in [6.45, 7) is 8.50. The van der Waals surface area contributed by atoms with Crippen molar-refractivity contribution in [3.05, 3.63) is 28.3 Å². The quantitative estimate of drug-likeness (QED) is 0.849. The highest BCUT2D eigenvalue weighted by Gasteiger charge is 2.11. The lowest BCUT2D eigenvalue weighted by Gasteiger charge is -2.16. The predicted molar refractivity (Wildman–Crippen MR) is 77.6 cm³/mol. The van der Waals surface area contributed by atoms with Crippen LogP contribution in [0.2, 0.25) is 0 Å². The van der Waals surface area contributed by atoms with Gasteiger partial charge < -0.3 is 15.8 Å². The van der Waals surface area contributed by atoms with Gasteiger partial charge in [-0.1, -0.05) is 0 Å². The van der Waals surface area contributed by atoms with E-state index in [9.17, 15) is 4.79 Å². The highest BCUT2D eigenvalue weighted by Crippen LogP contribution is 2.27. The van der Waals surface area contributed by atoms with Gasteiger partial charge in [0, 0.05) is 6.54 Å². The van der Waals surface area contributed by atoms with Crippen molar-refractivity contribution in [2.75, 3.05) is 13.7 Å². The minimum Gasteiger partial charge on any atom is -0.496 e. The normalized spacial score (nSPS) is 12.1. The number of amides is 1. The second kappa shape index (κ2) is 6.57. The average molecular weight is 264 g/mol. The monoisotopic (exact) mass is 264 g/mol. The molecule has 106 valence electrons. The Balaban J connectivity index is 2.79. The summed E-state index contributed by atoms with van der Waals surface area (Å²) in [5.41, 5.74) is 10.3. The van der Waals surface area contributed by atoms with Crippen LogP contribution in [-0.4, -0.2) is 25.6 Å². The van der Waals surface area contributed by atoms with E-state index in [-0.39, 0.29) is 5.91 Å². The summed E-state index contributed by atoms with van der Waals surface area (Å²) in [4.78, 5) is 11.4. The van der Waals surface area contributed by atoms with Crippen LogP contribution < -0.4 is 15.8 Å². The molecular formula is C15H24N2O2. The number of hydrogen-bond acceptors (Lipinski definition) is 3. The first-order chi connectivity index (χ1) is 8.88. The molecular weight excluding hydrogens is 240 g/mol. The minimum atomic E-state index is -0.459. The maximum atomic E-state index is 11.4. The topological polar surface area (TPSA) is 64.3 Å². The van der Waals surface area contributed by atoms with E-state index < -0.39 is 6.04 Å². The third-order valence-corrected chi connectivity index (χ3v) is 3.52. The highest BCUT2D eigenvalue weighted by atomic mass is 16.5. The zero-order valence-corrected chi connectivity index (χ0v) is 12.5. The van der Waals surface area contributed by atoms with E-state index in [1.807, 2.05) is 6.07 Å². The smallest absolute Gasteiger partial charge is 0.236 e. The van der Waals surface area contributed by atoms with Crippen LogP contribution in [0.4, 0.5) is 0 Å². The number of hydrogen-bond donors (Lipinski definition) is 2. The van der Waals surface area contributed by atoms with Crippen molar-refractivity contribution in [1.29, 1.82) is 0 Å². The lowest BCUT2D eigenvalue weighted by molar-refractivity contribution is -0.121.